The van der Waals surface area contributed by atoms with Crippen LogP contribution in [0.3, 0.4) is 0 Å². The minimum absolute atomic E-state index is 0.503. The van der Waals surface area contributed by atoms with E-state index in [0.29, 0.717) is 17.1 Å². The lowest BCUT2D eigenvalue weighted by atomic mass is 9.98. The molecule has 0 bridgehead atoms. The summed E-state index contributed by atoms with van der Waals surface area (Å²) in [4.78, 5) is 0. The first kappa shape index (κ1) is 32.2. The highest BCUT2D eigenvalue weighted by atomic mass is 16.3. The maximum Gasteiger partial charge on any atom is 0.137 e. The minimum atomic E-state index is 0.503. The molecule has 0 fully saturated rings. The quantitative estimate of drug-likeness (QED) is 0.111. The molecule has 8 rings (SSSR count). The van der Waals surface area contributed by atoms with Gasteiger partial charge in [0.05, 0.1) is 11.4 Å². The molecule has 0 saturated carbocycles. The molecule has 0 radical (unpaired) electrons. The fourth-order valence-electron chi connectivity index (χ4n) is 5.46. The summed E-state index contributed by atoms with van der Waals surface area (Å²) in [5.74, 6) is 0. The standard InChI is InChI=1S/C19H15N.C13H12N2.C12H9NO/c20-19(16-10-5-2-6-11-16)18-13-7-12-17(14-18)15-8-3-1-4-9-15;14-12-8-4-7-11(9-12)13(15)10-5-2-1-3-6-10;13-8-5-6-10-9-3-1-2-4-11(9)14-12(10)7-8/h1-14,20H;1-9,15H,14H2;1-7H,13H2. The van der Waals surface area contributed by atoms with Gasteiger partial charge in [-0.15, -0.1) is 0 Å². The molecule has 0 spiro atoms. The molecule has 0 aliphatic rings. The smallest absolute Gasteiger partial charge is 0.137 e. The van der Waals surface area contributed by atoms with Gasteiger partial charge in [-0.2, -0.15) is 0 Å². The Kier molecular flexibility index (Phi) is 10.0. The zero-order chi connectivity index (χ0) is 34.0. The van der Waals surface area contributed by atoms with Crippen molar-refractivity contribution < 1.29 is 4.42 Å². The second kappa shape index (κ2) is 15.2. The topological polar surface area (TPSA) is 113 Å². The van der Waals surface area contributed by atoms with Gasteiger partial charge >= 0.3 is 0 Å². The number of nitrogen functional groups attached to an aromatic ring is 2. The van der Waals surface area contributed by atoms with Crippen molar-refractivity contribution in [1.29, 1.82) is 10.8 Å². The van der Waals surface area contributed by atoms with Crippen LogP contribution in [-0.4, -0.2) is 11.4 Å². The Bertz CT molecular complexity index is 2330. The number of fused-ring (bicyclic) bond motifs is 3. The second-order valence-electron chi connectivity index (χ2n) is 11.4. The van der Waals surface area contributed by atoms with Crippen LogP contribution in [0.5, 0.6) is 0 Å². The Balaban J connectivity index is 0.000000130. The van der Waals surface area contributed by atoms with Gasteiger partial charge in [0.1, 0.15) is 11.2 Å². The lowest BCUT2D eigenvalue weighted by molar-refractivity contribution is 0.669. The van der Waals surface area contributed by atoms with E-state index in [2.05, 4.69) is 30.3 Å². The molecule has 0 aliphatic heterocycles. The van der Waals surface area contributed by atoms with Gasteiger partial charge in [0.15, 0.2) is 0 Å². The summed E-state index contributed by atoms with van der Waals surface area (Å²) in [6, 6.07) is 59.0. The van der Waals surface area contributed by atoms with Crippen LogP contribution in [0.2, 0.25) is 0 Å². The first-order valence-corrected chi connectivity index (χ1v) is 15.9. The molecule has 8 aromatic rings. The normalized spacial score (nSPS) is 10.4. The van der Waals surface area contributed by atoms with Gasteiger partial charge in [0.2, 0.25) is 0 Å². The van der Waals surface area contributed by atoms with Gasteiger partial charge in [-0.1, -0.05) is 140 Å². The summed E-state index contributed by atoms with van der Waals surface area (Å²) < 4.78 is 5.65. The van der Waals surface area contributed by atoms with Crippen molar-refractivity contribution in [2.24, 2.45) is 0 Å². The predicted molar refractivity (Wildman–Crippen MR) is 206 cm³/mol. The first-order valence-electron chi connectivity index (χ1n) is 15.9. The molecule has 7 aromatic carbocycles. The number of benzene rings is 7. The third-order valence-electron chi connectivity index (χ3n) is 7.96. The average molecular weight is 637 g/mol. The zero-order valence-corrected chi connectivity index (χ0v) is 26.9. The van der Waals surface area contributed by atoms with Crippen molar-refractivity contribution in [2.45, 2.75) is 0 Å². The number of hydrogen-bond acceptors (Lipinski definition) is 5. The van der Waals surface area contributed by atoms with E-state index in [1.165, 1.54) is 5.56 Å². The predicted octanol–water partition coefficient (Wildman–Crippen LogP) is 10.6. The van der Waals surface area contributed by atoms with Crippen LogP contribution in [0.1, 0.15) is 22.3 Å². The molecule has 0 saturated heterocycles. The van der Waals surface area contributed by atoms with Crippen LogP contribution in [0.4, 0.5) is 11.4 Å². The average Bonchev–Trinajstić information content (AvgIpc) is 3.53. The number of para-hydroxylation sites is 1. The largest absolute Gasteiger partial charge is 0.456 e. The Labute approximate surface area is 286 Å². The Hall–Kier alpha value is -6.72. The van der Waals surface area contributed by atoms with E-state index in [1.54, 1.807) is 0 Å². The monoisotopic (exact) mass is 636 g/mol. The molecule has 0 aliphatic carbocycles. The third-order valence-corrected chi connectivity index (χ3v) is 7.96. The van der Waals surface area contributed by atoms with Crippen molar-refractivity contribution in [3.05, 3.63) is 204 Å². The third kappa shape index (κ3) is 7.99. The number of furan rings is 1. The molecule has 0 atom stereocenters. The summed E-state index contributed by atoms with van der Waals surface area (Å²) in [6.07, 6.45) is 0. The number of rotatable bonds is 5. The molecular weight excluding hydrogens is 601 g/mol. The molecule has 1 heterocycles. The van der Waals surface area contributed by atoms with E-state index < -0.39 is 0 Å². The fourth-order valence-corrected chi connectivity index (χ4v) is 5.46. The number of nitrogens with two attached hydrogens (primary N) is 2. The van der Waals surface area contributed by atoms with E-state index >= 15 is 0 Å². The van der Waals surface area contributed by atoms with Crippen LogP contribution in [0, 0.1) is 10.8 Å². The molecule has 5 nitrogen and oxygen atoms in total. The van der Waals surface area contributed by atoms with Crippen molar-refractivity contribution in [2.75, 3.05) is 11.5 Å². The van der Waals surface area contributed by atoms with E-state index in [1.807, 2.05) is 152 Å². The summed E-state index contributed by atoms with van der Waals surface area (Å²) in [5.41, 5.74) is 21.6. The minimum Gasteiger partial charge on any atom is -0.456 e. The molecule has 1 aromatic heterocycles. The summed E-state index contributed by atoms with van der Waals surface area (Å²) in [6.45, 7) is 0. The first-order chi connectivity index (χ1) is 24.0. The van der Waals surface area contributed by atoms with Crippen LogP contribution in [0.15, 0.2) is 186 Å². The highest BCUT2D eigenvalue weighted by molar-refractivity contribution is 6.12. The van der Waals surface area contributed by atoms with Gasteiger partial charge in [0.25, 0.3) is 0 Å². The number of hydrogen-bond donors (Lipinski definition) is 4. The highest BCUT2D eigenvalue weighted by Gasteiger charge is 2.07. The lowest BCUT2D eigenvalue weighted by Gasteiger charge is -2.07. The van der Waals surface area contributed by atoms with Gasteiger partial charge < -0.3 is 15.9 Å². The molecular formula is C44H36N4O. The maximum absolute atomic E-state index is 8.33. The molecule has 49 heavy (non-hydrogen) atoms. The van der Waals surface area contributed by atoms with E-state index in [4.69, 9.17) is 26.7 Å². The summed E-state index contributed by atoms with van der Waals surface area (Å²) in [5, 5.41) is 18.6. The Morgan fingerprint density at radius 3 is 1.47 bits per heavy atom. The van der Waals surface area contributed by atoms with Gasteiger partial charge in [-0.05, 0) is 58.7 Å². The zero-order valence-electron chi connectivity index (χ0n) is 26.9. The summed E-state index contributed by atoms with van der Waals surface area (Å²) >= 11 is 0. The van der Waals surface area contributed by atoms with Gasteiger partial charge in [-0.25, -0.2) is 0 Å². The van der Waals surface area contributed by atoms with Crippen molar-refractivity contribution in [3.8, 4) is 11.1 Å². The second-order valence-corrected chi connectivity index (χ2v) is 11.4. The highest BCUT2D eigenvalue weighted by Crippen LogP contribution is 2.29. The molecule has 5 heteroatoms. The van der Waals surface area contributed by atoms with E-state index in [0.717, 1.165) is 55.4 Å². The van der Waals surface area contributed by atoms with Crippen molar-refractivity contribution >= 4 is 44.7 Å². The molecule has 0 amide bonds. The summed E-state index contributed by atoms with van der Waals surface area (Å²) in [7, 11) is 0. The molecule has 6 N–H and O–H groups in total. The van der Waals surface area contributed by atoms with Gasteiger partial charge in [-0.3, -0.25) is 10.8 Å². The Morgan fingerprint density at radius 1 is 0.367 bits per heavy atom. The van der Waals surface area contributed by atoms with Crippen molar-refractivity contribution in [3.63, 3.8) is 0 Å². The molecule has 0 unspecified atom stereocenters. The van der Waals surface area contributed by atoms with Crippen LogP contribution in [0.25, 0.3) is 33.1 Å². The van der Waals surface area contributed by atoms with E-state index in [-0.39, 0.29) is 0 Å². The SMILES string of the molecule is N=C(c1ccccc1)c1cccc(-c2ccccc2)c1.N=C(c1ccccc1)c1cccc(N)c1.Nc1ccc2c(c1)oc1ccccc12. The maximum atomic E-state index is 8.33. The van der Waals surface area contributed by atoms with Crippen LogP contribution < -0.4 is 11.5 Å². The van der Waals surface area contributed by atoms with Crippen LogP contribution >= 0.6 is 0 Å². The van der Waals surface area contributed by atoms with Crippen molar-refractivity contribution in [1.82, 2.24) is 0 Å². The fraction of sp³-hybridized carbons (Fsp3) is 0. The number of nitrogens with one attached hydrogen (secondary N) is 2. The molecule has 238 valence electrons. The lowest BCUT2D eigenvalue weighted by Crippen LogP contribution is -2.01. The van der Waals surface area contributed by atoms with Crippen LogP contribution in [-0.2, 0) is 0 Å². The number of anilines is 2. The Morgan fingerprint density at radius 2 is 0.837 bits per heavy atom. The van der Waals surface area contributed by atoms with E-state index in [9.17, 15) is 0 Å². The van der Waals surface area contributed by atoms with Gasteiger partial charge in [0, 0.05) is 39.3 Å².